The van der Waals surface area contributed by atoms with Crippen LogP contribution in [0.3, 0.4) is 0 Å². The van der Waals surface area contributed by atoms with E-state index in [4.69, 9.17) is 4.74 Å². The number of esters is 1. The Morgan fingerprint density at radius 3 is 2.67 bits per heavy atom. The number of nitrogens with one attached hydrogen (secondary N) is 1. The molecule has 3 fully saturated rings. The van der Waals surface area contributed by atoms with Crippen LogP contribution in [0.25, 0.3) is 0 Å². The number of allylic oxidation sites excluding steroid dienone is 2. The smallest absolute Gasteiger partial charge is 0.315 e. The monoisotopic (exact) mass is 332 g/mol. The van der Waals surface area contributed by atoms with E-state index in [0.29, 0.717) is 11.3 Å². The fourth-order valence-electron chi connectivity index (χ4n) is 6.09. The normalized spacial score (nSPS) is 40.8. The molecule has 3 nitrogen and oxygen atoms in total. The number of carbonyl (C=O) groups excluding carboxylic acids is 1. The summed E-state index contributed by atoms with van der Waals surface area (Å²) in [5, 5.41) is 0. The third-order valence-electron chi connectivity index (χ3n) is 7.50. The van der Waals surface area contributed by atoms with Crippen LogP contribution in [0.4, 0.5) is 0 Å². The van der Waals surface area contributed by atoms with Crippen LogP contribution in [0.1, 0.15) is 71.6 Å². The maximum Gasteiger partial charge on any atom is 0.315 e. The first-order valence-electron chi connectivity index (χ1n) is 10.3. The highest BCUT2D eigenvalue weighted by atomic mass is 16.6. The van der Waals surface area contributed by atoms with Gasteiger partial charge in [0.2, 0.25) is 0 Å². The van der Waals surface area contributed by atoms with Crippen molar-refractivity contribution in [2.45, 2.75) is 77.7 Å². The first-order chi connectivity index (χ1) is 11.6. The maximum atomic E-state index is 12.6. The molecule has 0 amide bonds. The van der Waals surface area contributed by atoms with Gasteiger partial charge < -0.3 is 9.64 Å². The summed E-state index contributed by atoms with van der Waals surface area (Å²) >= 11 is 0. The summed E-state index contributed by atoms with van der Waals surface area (Å²) < 4.78 is 5.93. The van der Waals surface area contributed by atoms with Crippen LogP contribution in [-0.4, -0.2) is 31.7 Å². The van der Waals surface area contributed by atoms with Gasteiger partial charge in [0.25, 0.3) is 0 Å². The topological polar surface area (TPSA) is 30.7 Å². The lowest BCUT2D eigenvalue weighted by Crippen LogP contribution is -3.12. The van der Waals surface area contributed by atoms with Gasteiger partial charge >= 0.3 is 5.97 Å². The Balaban J connectivity index is 1.52. The minimum absolute atomic E-state index is 0.113. The van der Waals surface area contributed by atoms with Crippen molar-refractivity contribution in [3.8, 4) is 0 Å². The Bertz CT molecular complexity index is 532. The number of rotatable bonds is 2. The van der Waals surface area contributed by atoms with Crippen LogP contribution >= 0.6 is 0 Å². The fourth-order valence-corrected chi connectivity index (χ4v) is 6.09. The van der Waals surface area contributed by atoms with Crippen LogP contribution in [0, 0.1) is 17.3 Å². The SMILES string of the molecule is CC1=C2C[C@H]3[C@@H](C[C@@]2(C)CCC1)OC(=O)[C@@H]3C[NH+]1CCCCCC1. The summed E-state index contributed by atoms with van der Waals surface area (Å²) in [4.78, 5) is 14.3. The summed E-state index contributed by atoms with van der Waals surface area (Å²) in [6.07, 6.45) is 11.6. The Labute approximate surface area is 146 Å². The Hall–Kier alpha value is -0.830. The molecule has 4 aliphatic rings. The molecular formula is C21H34NO2+. The lowest BCUT2D eigenvalue weighted by molar-refractivity contribution is -0.902. The molecule has 0 aromatic rings. The molecule has 4 atom stereocenters. The van der Waals surface area contributed by atoms with Crippen molar-refractivity contribution in [2.75, 3.05) is 19.6 Å². The van der Waals surface area contributed by atoms with Crippen molar-refractivity contribution in [2.24, 2.45) is 17.3 Å². The molecule has 0 aromatic heterocycles. The number of hydrogen-bond donors (Lipinski definition) is 1. The molecule has 0 radical (unpaired) electrons. The van der Waals surface area contributed by atoms with E-state index >= 15 is 0 Å². The van der Waals surface area contributed by atoms with E-state index in [9.17, 15) is 4.79 Å². The minimum Gasteiger partial charge on any atom is -0.462 e. The average molecular weight is 333 g/mol. The zero-order valence-electron chi connectivity index (χ0n) is 15.5. The molecule has 134 valence electrons. The first-order valence-corrected chi connectivity index (χ1v) is 10.3. The van der Waals surface area contributed by atoms with Gasteiger partial charge in [-0.3, -0.25) is 4.79 Å². The molecule has 2 aliphatic carbocycles. The summed E-state index contributed by atoms with van der Waals surface area (Å²) in [6.45, 7) is 8.27. The van der Waals surface area contributed by atoms with E-state index in [0.717, 1.165) is 19.4 Å². The molecule has 4 rings (SSSR count). The Kier molecular flexibility index (Phi) is 4.49. The van der Waals surface area contributed by atoms with Crippen LogP contribution < -0.4 is 4.90 Å². The van der Waals surface area contributed by atoms with Crippen LogP contribution in [0.15, 0.2) is 11.1 Å². The second-order valence-corrected chi connectivity index (χ2v) is 9.20. The van der Waals surface area contributed by atoms with Gasteiger partial charge in [-0.1, -0.05) is 18.1 Å². The molecule has 24 heavy (non-hydrogen) atoms. The standard InChI is InChI=1S/C21H33NO2/c1-15-8-7-9-21(2)13-19-16(12-18(15)21)17(20(23)24-19)14-22-10-5-3-4-6-11-22/h16-17,19H,3-14H2,1-2H3/p+1/t16-,17-,19-,21-/m1/s1. The van der Waals surface area contributed by atoms with Crippen molar-refractivity contribution in [1.82, 2.24) is 0 Å². The van der Waals surface area contributed by atoms with Gasteiger partial charge in [0.1, 0.15) is 12.0 Å². The molecular weight excluding hydrogens is 298 g/mol. The number of fused-ring (bicyclic) bond motifs is 2. The van der Waals surface area contributed by atoms with E-state index < -0.39 is 0 Å². The van der Waals surface area contributed by atoms with Gasteiger partial charge in [-0.15, -0.1) is 0 Å². The quantitative estimate of drug-likeness (QED) is 0.623. The molecule has 1 saturated carbocycles. The second-order valence-electron chi connectivity index (χ2n) is 9.20. The van der Waals surface area contributed by atoms with Gasteiger partial charge in [0, 0.05) is 5.92 Å². The number of quaternary nitrogens is 1. The zero-order chi connectivity index (χ0) is 16.7. The van der Waals surface area contributed by atoms with Crippen molar-refractivity contribution in [3.05, 3.63) is 11.1 Å². The predicted octanol–water partition coefficient (Wildman–Crippen LogP) is 2.90. The van der Waals surface area contributed by atoms with Crippen molar-refractivity contribution >= 4 is 5.97 Å². The largest absolute Gasteiger partial charge is 0.462 e. The average Bonchev–Trinajstić information content (AvgIpc) is 2.72. The van der Waals surface area contributed by atoms with E-state index in [1.54, 1.807) is 16.0 Å². The van der Waals surface area contributed by atoms with Gasteiger partial charge in [0.15, 0.2) is 0 Å². The maximum absolute atomic E-state index is 12.6. The van der Waals surface area contributed by atoms with Crippen LogP contribution in [-0.2, 0) is 9.53 Å². The molecule has 0 bridgehead atoms. The molecule has 0 unspecified atom stereocenters. The van der Waals surface area contributed by atoms with Crippen molar-refractivity contribution in [3.63, 3.8) is 0 Å². The first kappa shape index (κ1) is 16.6. The van der Waals surface area contributed by atoms with Crippen LogP contribution in [0.2, 0.25) is 0 Å². The predicted molar refractivity (Wildman–Crippen MR) is 94.8 cm³/mol. The Morgan fingerprint density at radius 2 is 1.92 bits per heavy atom. The third kappa shape index (κ3) is 2.94. The molecule has 2 heterocycles. The molecule has 2 saturated heterocycles. The van der Waals surface area contributed by atoms with Gasteiger partial charge in [-0.05, 0) is 70.1 Å². The molecule has 3 heteroatoms. The Morgan fingerprint density at radius 1 is 1.17 bits per heavy atom. The highest BCUT2D eigenvalue weighted by Crippen LogP contribution is 2.54. The van der Waals surface area contributed by atoms with E-state index in [2.05, 4.69) is 13.8 Å². The van der Waals surface area contributed by atoms with E-state index in [1.165, 1.54) is 58.0 Å². The second kappa shape index (κ2) is 6.48. The highest BCUT2D eigenvalue weighted by molar-refractivity contribution is 5.75. The molecule has 0 spiro atoms. The number of hydrogen-bond acceptors (Lipinski definition) is 2. The summed E-state index contributed by atoms with van der Waals surface area (Å²) in [6, 6.07) is 0. The summed E-state index contributed by atoms with van der Waals surface area (Å²) in [5.41, 5.74) is 3.60. The van der Waals surface area contributed by atoms with Crippen molar-refractivity contribution < 1.29 is 14.4 Å². The number of likely N-dealkylation sites (tertiary alicyclic amines) is 1. The molecule has 1 N–H and O–H groups in total. The summed E-state index contributed by atoms with van der Waals surface area (Å²) in [5.74, 6) is 0.710. The van der Waals surface area contributed by atoms with Gasteiger partial charge in [-0.2, -0.15) is 0 Å². The minimum atomic E-state index is 0.113. The van der Waals surface area contributed by atoms with Crippen molar-refractivity contribution in [1.29, 1.82) is 0 Å². The third-order valence-corrected chi connectivity index (χ3v) is 7.50. The lowest BCUT2D eigenvalue weighted by atomic mass is 9.59. The number of ether oxygens (including phenoxy) is 1. The summed E-state index contributed by atoms with van der Waals surface area (Å²) in [7, 11) is 0. The lowest BCUT2D eigenvalue weighted by Gasteiger charge is -2.45. The molecule has 2 aliphatic heterocycles. The molecule has 0 aromatic carbocycles. The van der Waals surface area contributed by atoms with E-state index in [-0.39, 0.29) is 18.0 Å². The zero-order valence-corrected chi connectivity index (χ0v) is 15.5. The van der Waals surface area contributed by atoms with E-state index in [1.807, 2.05) is 0 Å². The highest BCUT2D eigenvalue weighted by Gasteiger charge is 2.53. The van der Waals surface area contributed by atoms with Gasteiger partial charge in [-0.25, -0.2) is 0 Å². The van der Waals surface area contributed by atoms with Gasteiger partial charge in [0.05, 0.1) is 19.6 Å². The number of carbonyl (C=O) groups is 1. The van der Waals surface area contributed by atoms with Crippen LogP contribution in [0.5, 0.6) is 0 Å². The fraction of sp³-hybridized carbons (Fsp3) is 0.857.